The third-order valence-electron chi connectivity index (χ3n) is 9.13. The van der Waals surface area contributed by atoms with Crippen LogP contribution in [0.2, 0.25) is 0 Å². The van der Waals surface area contributed by atoms with Gasteiger partial charge >= 0.3 is 0 Å². The number of rotatable bonds is 5. The maximum Gasteiger partial charge on any atom is 0.0349 e. The highest BCUT2D eigenvalue weighted by Crippen LogP contribution is 2.46. The number of aromatic nitrogens is 2. The molecule has 0 bridgehead atoms. The van der Waals surface area contributed by atoms with Gasteiger partial charge in [0.2, 0.25) is 0 Å². The van der Waals surface area contributed by atoms with Gasteiger partial charge in [0.25, 0.3) is 0 Å². The van der Waals surface area contributed by atoms with E-state index in [0.717, 1.165) is 11.1 Å². The zero-order valence-corrected chi connectivity index (χ0v) is 25.9. The fraction of sp³-hybridized carbons (Fsp3) is 0.0455. The van der Waals surface area contributed by atoms with Gasteiger partial charge in [0, 0.05) is 35.9 Å². The number of nitrogens with zero attached hydrogens (tertiary/aromatic N) is 2. The molecule has 2 aromatic heterocycles. The predicted octanol–water partition coefficient (Wildman–Crippen LogP) is 11.7. The van der Waals surface area contributed by atoms with Gasteiger partial charge in [0.05, 0.1) is 0 Å². The van der Waals surface area contributed by atoms with Crippen LogP contribution in [0, 0.1) is 13.8 Å². The van der Waals surface area contributed by atoms with Gasteiger partial charge in [0.1, 0.15) is 0 Å². The van der Waals surface area contributed by atoms with E-state index in [4.69, 9.17) is 0 Å². The minimum Gasteiger partial charge on any atom is -0.264 e. The van der Waals surface area contributed by atoms with Crippen LogP contribution in [0.5, 0.6) is 0 Å². The van der Waals surface area contributed by atoms with Crippen LogP contribution in [0.3, 0.4) is 0 Å². The zero-order valence-electron chi connectivity index (χ0n) is 25.9. The van der Waals surface area contributed by atoms with Crippen molar-refractivity contribution in [1.29, 1.82) is 0 Å². The SMILES string of the molecule is Cc1ccncc1-c1cccc(-c2c3ccccc3c(-c3cccc(-c4cnccc4C)c3)c3cc(-c4ccccc4)ccc23)c1. The summed E-state index contributed by atoms with van der Waals surface area (Å²) in [5, 5.41) is 4.94. The van der Waals surface area contributed by atoms with Crippen molar-refractivity contribution in [2.45, 2.75) is 13.8 Å². The zero-order chi connectivity index (χ0) is 31.0. The first-order valence-corrected chi connectivity index (χ1v) is 15.7. The van der Waals surface area contributed by atoms with E-state index >= 15 is 0 Å². The molecule has 0 fully saturated rings. The molecule has 0 aliphatic heterocycles. The number of aryl methyl sites for hydroxylation is 2. The molecule has 0 N–H and O–H groups in total. The summed E-state index contributed by atoms with van der Waals surface area (Å²) in [5.41, 5.74) is 14.4. The van der Waals surface area contributed by atoms with Crippen molar-refractivity contribution < 1.29 is 0 Å². The van der Waals surface area contributed by atoms with Gasteiger partial charge in [-0.1, -0.05) is 103 Å². The van der Waals surface area contributed by atoms with E-state index in [2.05, 4.69) is 157 Å². The van der Waals surface area contributed by atoms with Gasteiger partial charge < -0.3 is 0 Å². The van der Waals surface area contributed by atoms with E-state index in [9.17, 15) is 0 Å². The van der Waals surface area contributed by atoms with E-state index in [1.54, 1.807) is 0 Å². The summed E-state index contributed by atoms with van der Waals surface area (Å²) in [4.78, 5) is 8.88. The van der Waals surface area contributed by atoms with Gasteiger partial charge in [-0.25, -0.2) is 0 Å². The highest BCUT2D eigenvalue weighted by Gasteiger charge is 2.19. The second-order valence-corrected chi connectivity index (χ2v) is 12.0. The van der Waals surface area contributed by atoms with Gasteiger partial charge in [0.15, 0.2) is 0 Å². The molecule has 0 saturated heterocycles. The smallest absolute Gasteiger partial charge is 0.0349 e. The number of pyridine rings is 2. The Balaban J connectivity index is 1.45. The number of hydrogen-bond donors (Lipinski definition) is 0. The Morgan fingerprint density at radius 2 is 0.826 bits per heavy atom. The molecule has 2 heteroatoms. The fourth-order valence-electron chi connectivity index (χ4n) is 6.83. The topological polar surface area (TPSA) is 25.8 Å². The highest BCUT2D eigenvalue weighted by atomic mass is 14.6. The Bertz CT molecular complexity index is 2390. The van der Waals surface area contributed by atoms with Crippen LogP contribution in [0.1, 0.15) is 11.1 Å². The second kappa shape index (κ2) is 11.6. The highest BCUT2D eigenvalue weighted by molar-refractivity contribution is 6.22. The Morgan fingerprint density at radius 3 is 1.39 bits per heavy atom. The lowest BCUT2D eigenvalue weighted by Gasteiger charge is -2.20. The van der Waals surface area contributed by atoms with Crippen LogP contribution in [0.4, 0.5) is 0 Å². The molecule has 0 saturated carbocycles. The Labute approximate surface area is 269 Å². The van der Waals surface area contributed by atoms with E-state index in [1.807, 2.05) is 24.8 Å². The van der Waals surface area contributed by atoms with Crippen molar-refractivity contribution in [2.75, 3.05) is 0 Å². The summed E-state index contributed by atoms with van der Waals surface area (Å²) in [5.74, 6) is 0. The Hall–Kier alpha value is -5.86. The molecule has 0 aliphatic carbocycles. The van der Waals surface area contributed by atoms with Crippen LogP contribution >= 0.6 is 0 Å². The van der Waals surface area contributed by atoms with Crippen molar-refractivity contribution in [1.82, 2.24) is 9.97 Å². The lowest BCUT2D eigenvalue weighted by atomic mass is 9.84. The standard InChI is InChI=1S/C44H32N2/c1-29-20-22-45-27-41(29)33-12-8-14-35(24-33)43-37-16-6-7-17-38(37)44(36-15-9-13-34(25-36)42-28-46-23-21-30(42)2)40-26-32(18-19-39(40)43)31-10-4-3-5-11-31/h3-28H,1-2H3. The van der Waals surface area contributed by atoms with Crippen molar-refractivity contribution in [3.63, 3.8) is 0 Å². The monoisotopic (exact) mass is 588 g/mol. The van der Waals surface area contributed by atoms with Gasteiger partial charge in [-0.15, -0.1) is 0 Å². The first kappa shape index (κ1) is 27.7. The first-order chi connectivity index (χ1) is 22.7. The van der Waals surface area contributed by atoms with E-state index < -0.39 is 0 Å². The molecule has 2 heterocycles. The second-order valence-electron chi connectivity index (χ2n) is 12.0. The predicted molar refractivity (Wildman–Crippen MR) is 194 cm³/mol. The lowest BCUT2D eigenvalue weighted by molar-refractivity contribution is 1.29. The molecule has 8 aromatic rings. The van der Waals surface area contributed by atoms with Crippen LogP contribution in [0.25, 0.3) is 77.2 Å². The van der Waals surface area contributed by atoms with Crippen LogP contribution in [-0.4, -0.2) is 9.97 Å². The molecule has 0 atom stereocenters. The summed E-state index contributed by atoms with van der Waals surface area (Å²) in [6.07, 6.45) is 7.66. The third-order valence-corrected chi connectivity index (χ3v) is 9.13. The largest absolute Gasteiger partial charge is 0.264 e. The average Bonchev–Trinajstić information content (AvgIpc) is 3.11. The van der Waals surface area contributed by atoms with Gasteiger partial charge in [-0.2, -0.15) is 0 Å². The van der Waals surface area contributed by atoms with Crippen molar-refractivity contribution in [3.05, 3.63) is 169 Å². The average molecular weight is 589 g/mol. The third kappa shape index (κ3) is 4.85. The molecule has 218 valence electrons. The van der Waals surface area contributed by atoms with Crippen molar-refractivity contribution in [2.24, 2.45) is 0 Å². The Morgan fingerprint density at radius 1 is 0.348 bits per heavy atom. The molecule has 0 amide bonds. The number of hydrogen-bond acceptors (Lipinski definition) is 2. The summed E-state index contributed by atoms with van der Waals surface area (Å²) >= 11 is 0. The van der Waals surface area contributed by atoms with Crippen LogP contribution in [-0.2, 0) is 0 Å². The molecular formula is C44H32N2. The molecule has 8 rings (SSSR count). The molecule has 0 spiro atoms. The minimum absolute atomic E-state index is 1.15. The quantitative estimate of drug-likeness (QED) is 0.187. The summed E-state index contributed by atoms with van der Waals surface area (Å²) in [6, 6.07) is 48.5. The minimum atomic E-state index is 1.15. The van der Waals surface area contributed by atoms with Crippen molar-refractivity contribution >= 4 is 21.5 Å². The summed E-state index contributed by atoms with van der Waals surface area (Å²) < 4.78 is 0. The first-order valence-electron chi connectivity index (χ1n) is 15.7. The van der Waals surface area contributed by atoms with E-state index in [1.165, 1.54) is 77.2 Å². The summed E-state index contributed by atoms with van der Waals surface area (Å²) in [7, 11) is 0. The molecule has 0 unspecified atom stereocenters. The normalized spacial score (nSPS) is 11.3. The van der Waals surface area contributed by atoms with E-state index in [0.29, 0.717) is 0 Å². The fourth-order valence-corrected chi connectivity index (χ4v) is 6.83. The molecule has 0 aliphatic rings. The summed E-state index contributed by atoms with van der Waals surface area (Å²) in [6.45, 7) is 4.30. The van der Waals surface area contributed by atoms with Crippen LogP contribution in [0.15, 0.2) is 158 Å². The Kier molecular flexibility index (Phi) is 6.96. The molecular weight excluding hydrogens is 556 g/mol. The number of benzene rings is 6. The van der Waals surface area contributed by atoms with Gasteiger partial charge in [-0.3, -0.25) is 9.97 Å². The molecule has 46 heavy (non-hydrogen) atoms. The lowest BCUT2D eigenvalue weighted by Crippen LogP contribution is -1.93. The maximum atomic E-state index is 4.44. The molecule has 6 aromatic carbocycles. The van der Waals surface area contributed by atoms with Crippen LogP contribution < -0.4 is 0 Å². The van der Waals surface area contributed by atoms with Gasteiger partial charge in [-0.05, 0) is 121 Å². The van der Waals surface area contributed by atoms with E-state index in [-0.39, 0.29) is 0 Å². The number of fused-ring (bicyclic) bond motifs is 2. The van der Waals surface area contributed by atoms with Crippen molar-refractivity contribution in [3.8, 4) is 55.6 Å². The molecule has 2 nitrogen and oxygen atoms in total. The molecule has 0 radical (unpaired) electrons. The maximum absolute atomic E-state index is 4.44.